The van der Waals surface area contributed by atoms with E-state index in [-0.39, 0.29) is 0 Å². The van der Waals surface area contributed by atoms with E-state index in [0.717, 1.165) is 24.4 Å². The molecule has 4 heteroatoms. The van der Waals surface area contributed by atoms with Crippen LogP contribution in [0, 0.1) is 6.92 Å². The Morgan fingerprint density at radius 2 is 1.68 bits per heavy atom. The molecule has 100 valence electrons. The first-order valence-corrected chi connectivity index (χ1v) is 6.71. The van der Waals surface area contributed by atoms with Gasteiger partial charge >= 0.3 is 0 Å². The van der Waals surface area contributed by atoms with Crippen molar-refractivity contribution in [1.82, 2.24) is 19.9 Å². The largest absolute Gasteiger partial charge is 0.245 e. The summed E-state index contributed by atoms with van der Waals surface area (Å²) < 4.78 is 0. The summed E-state index contributed by atoms with van der Waals surface area (Å²) >= 11 is 0. The molecule has 0 radical (unpaired) electrons. The number of hydrogen-bond donors (Lipinski definition) is 0. The first kappa shape index (κ1) is 13.6. The third-order valence-electron chi connectivity index (χ3n) is 3.51. The Labute approximate surface area is 114 Å². The van der Waals surface area contributed by atoms with Crippen molar-refractivity contribution in [2.75, 3.05) is 0 Å². The number of rotatable bonds is 5. The van der Waals surface area contributed by atoms with Crippen LogP contribution in [0.5, 0.6) is 0 Å². The lowest BCUT2D eigenvalue weighted by atomic mass is 9.92. The zero-order valence-electron chi connectivity index (χ0n) is 11.7. The number of aryl methyl sites for hydroxylation is 1. The summed E-state index contributed by atoms with van der Waals surface area (Å²) in [7, 11) is 0. The Hall–Kier alpha value is -1.84. The Morgan fingerprint density at radius 3 is 2.32 bits per heavy atom. The minimum absolute atomic E-state index is 0.455. The second-order valence-corrected chi connectivity index (χ2v) is 5.08. The van der Waals surface area contributed by atoms with Crippen LogP contribution in [0.15, 0.2) is 31.0 Å². The van der Waals surface area contributed by atoms with Crippen LogP contribution in [0.2, 0.25) is 0 Å². The van der Waals surface area contributed by atoms with Gasteiger partial charge in [0.05, 0.1) is 0 Å². The van der Waals surface area contributed by atoms with Crippen molar-refractivity contribution in [2.24, 2.45) is 0 Å². The molecule has 0 saturated carbocycles. The summed E-state index contributed by atoms with van der Waals surface area (Å²) in [5.41, 5.74) is 2.32. The molecule has 2 aromatic heterocycles. The molecule has 2 aromatic rings. The molecule has 2 unspecified atom stereocenters. The van der Waals surface area contributed by atoms with Crippen molar-refractivity contribution in [2.45, 2.75) is 45.4 Å². The van der Waals surface area contributed by atoms with Crippen LogP contribution in [0.1, 0.15) is 55.6 Å². The minimum Gasteiger partial charge on any atom is -0.245 e. The normalized spacial score (nSPS) is 14.1. The second kappa shape index (κ2) is 6.36. The van der Waals surface area contributed by atoms with Crippen LogP contribution in [0.25, 0.3) is 0 Å². The van der Waals surface area contributed by atoms with Crippen molar-refractivity contribution < 1.29 is 0 Å². The average molecular weight is 256 g/mol. The van der Waals surface area contributed by atoms with Gasteiger partial charge in [-0.2, -0.15) is 0 Å². The van der Waals surface area contributed by atoms with Gasteiger partial charge in [0, 0.05) is 24.3 Å². The molecule has 4 nitrogen and oxygen atoms in total. The van der Waals surface area contributed by atoms with Gasteiger partial charge in [0.1, 0.15) is 12.2 Å². The summed E-state index contributed by atoms with van der Waals surface area (Å²) in [5, 5.41) is 0. The fraction of sp³-hybridized carbons (Fsp3) is 0.467. The molecular weight excluding hydrogens is 236 g/mol. The highest BCUT2D eigenvalue weighted by atomic mass is 14.8. The quantitative estimate of drug-likeness (QED) is 0.824. The van der Waals surface area contributed by atoms with Crippen LogP contribution in [-0.4, -0.2) is 19.9 Å². The minimum atomic E-state index is 0.455. The highest BCUT2D eigenvalue weighted by Gasteiger charge is 2.11. The molecule has 0 saturated heterocycles. The third-order valence-corrected chi connectivity index (χ3v) is 3.51. The number of nitrogens with zero attached hydrogens (tertiary/aromatic N) is 4. The van der Waals surface area contributed by atoms with Crippen LogP contribution in [0.3, 0.4) is 0 Å². The maximum Gasteiger partial charge on any atom is 0.125 e. The lowest BCUT2D eigenvalue weighted by Crippen LogP contribution is -2.02. The van der Waals surface area contributed by atoms with E-state index in [1.165, 1.54) is 5.56 Å². The lowest BCUT2D eigenvalue weighted by molar-refractivity contribution is 0.562. The van der Waals surface area contributed by atoms with E-state index < -0.39 is 0 Å². The average Bonchev–Trinajstić information content (AvgIpc) is 2.46. The van der Waals surface area contributed by atoms with Crippen molar-refractivity contribution in [3.63, 3.8) is 0 Å². The summed E-state index contributed by atoms with van der Waals surface area (Å²) in [6, 6.07) is 1.99. The van der Waals surface area contributed by atoms with Crippen LogP contribution < -0.4 is 0 Å². The summed E-state index contributed by atoms with van der Waals surface area (Å²) in [5.74, 6) is 1.76. The molecule has 0 aliphatic rings. The van der Waals surface area contributed by atoms with E-state index in [1.807, 2.05) is 25.4 Å². The standard InChI is InChI=1S/C15H20N4/c1-11(14-8-17-13(3)18-9-14)4-5-12(2)15-6-7-16-10-19-15/h6-12H,4-5H2,1-3H3. The van der Waals surface area contributed by atoms with Gasteiger partial charge in [-0.3, -0.25) is 0 Å². The maximum absolute atomic E-state index is 4.31. The molecular formula is C15H20N4. The Morgan fingerprint density at radius 1 is 1.00 bits per heavy atom. The zero-order valence-corrected chi connectivity index (χ0v) is 11.7. The van der Waals surface area contributed by atoms with Crippen molar-refractivity contribution in [3.8, 4) is 0 Å². The van der Waals surface area contributed by atoms with Gasteiger partial charge in [0.25, 0.3) is 0 Å². The molecule has 2 atom stereocenters. The predicted octanol–water partition coefficient (Wildman–Crippen LogP) is 3.26. The van der Waals surface area contributed by atoms with Gasteiger partial charge in [-0.1, -0.05) is 13.8 Å². The molecule has 2 rings (SSSR count). The topological polar surface area (TPSA) is 51.6 Å². The van der Waals surface area contributed by atoms with E-state index in [1.54, 1.807) is 12.5 Å². The van der Waals surface area contributed by atoms with Crippen molar-refractivity contribution >= 4 is 0 Å². The fourth-order valence-corrected chi connectivity index (χ4v) is 2.06. The summed E-state index contributed by atoms with van der Waals surface area (Å²) in [4.78, 5) is 16.8. The highest BCUT2D eigenvalue weighted by molar-refractivity contribution is 5.11. The molecule has 19 heavy (non-hydrogen) atoms. The second-order valence-electron chi connectivity index (χ2n) is 5.08. The van der Waals surface area contributed by atoms with E-state index in [9.17, 15) is 0 Å². The van der Waals surface area contributed by atoms with Crippen LogP contribution in [0.4, 0.5) is 0 Å². The van der Waals surface area contributed by atoms with Gasteiger partial charge in [0.2, 0.25) is 0 Å². The first-order chi connectivity index (χ1) is 9.16. The Balaban J connectivity index is 1.90. The van der Waals surface area contributed by atoms with Crippen molar-refractivity contribution in [1.29, 1.82) is 0 Å². The van der Waals surface area contributed by atoms with Crippen molar-refractivity contribution in [3.05, 3.63) is 48.1 Å². The maximum atomic E-state index is 4.31. The SMILES string of the molecule is Cc1ncc(C(C)CCC(C)c2ccncn2)cn1. The molecule has 0 bridgehead atoms. The fourth-order valence-electron chi connectivity index (χ4n) is 2.06. The monoisotopic (exact) mass is 256 g/mol. The zero-order chi connectivity index (χ0) is 13.7. The van der Waals surface area contributed by atoms with Crippen LogP contribution in [-0.2, 0) is 0 Å². The smallest absolute Gasteiger partial charge is 0.125 e. The van der Waals surface area contributed by atoms with Gasteiger partial charge in [-0.05, 0) is 43.2 Å². The molecule has 0 aliphatic carbocycles. The van der Waals surface area contributed by atoms with Gasteiger partial charge < -0.3 is 0 Å². The summed E-state index contributed by atoms with van der Waals surface area (Å²) in [6.45, 7) is 6.34. The van der Waals surface area contributed by atoms with Crippen LogP contribution >= 0.6 is 0 Å². The van der Waals surface area contributed by atoms with Gasteiger partial charge in [-0.25, -0.2) is 19.9 Å². The summed E-state index contributed by atoms with van der Waals surface area (Å²) in [6.07, 6.45) is 9.49. The van der Waals surface area contributed by atoms with E-state index in [2.05, 4.69) is 33.8 Å². The molecule has 0 amide bonds. The third kappa shape index (κ3) is 3.81. The Bertz CT molecular complexity index is 495. The Kier molecular flexibility index (Phi) is 4.55. The molecule has 0 aliphatic heterocycles. The number of hydrogen-bond acceptors (Lipinski definition) is 4. The number of aromatic nitrogens is 4. The highest BCUT2D eigenvalue weighted by Crippen LogP contribution is 2.25. The lowest BCUT2D eigenvalue weighted by Gasteiger charge is -2.15. The van der Waals surface area contributed by atoms with E-state index in [4.69, 9.17) is 0 Å². The van der Waals surface area contributed by atoms with E-state index >= 15 is 0 Å². The molecule has 0 N–H and O–H groups in total. The molecule has 0 aromatic carbocycles. The van der Waals surface area contributed by atoms with E-state index in [0.29, 0.717) is 11.8 Å². The molecule has 0 fully saturated rings. The van der Waals surface area contributed by atoms with Gasteiger partial charge in [-0.15, -0.1) is 0 Å². The molecule has 2 heterocycles. The molecule has 0 spiro atoms. The predicted molar refractivity (Wildman–Crippen MR) is 74.9 cm³/mol. The first-order valence-electron chi connectivity index (χ1n) is 6.71. The van der Waals surface area contributed by atoms with Gasteiger partial charge in [0.15, 0.2) is 0 Å².